The van der Waals surface area contributed by atoms with E-state index in [9.17, 15) is 9.90 Å². The Bertz CT molecular complexity index is 976. The van der Waals surface area contributed by atoms with Crippen molar-refractivity contribution in [3.63, 3.8) is 0 Å². The molecule has 7 heteroatoms. The molecule has 1 unspecified atom stereocenters. The lowest BCUT2D eigenvalue weighted by Gasteiger charge is -2.27. The highest BCUT2D eigenvalue weighted by atomic mass is 16.3. The number of rotatable bonds is 5. The normalized spacial score (nSPS) is 14.8. The van der Waals surface area contributed by atoms with Crippen molar-refractivity contribution in [3.05, 3.63) is 70.8 Å². The number of hydrogen-bond acceptors (Lipinski definition) is 4. The van der Waals surface area contributed by atoms with Gasteiger partial charge in [0.05, 0.1) is 35.7 Å². The predicted molar refractivity (Wildman–Crippen MR) is 105 cm³/mol. The number of carbonyl (C=O) groups is 1. The molecule has 0 spiro atoms. The molecule has 1 aliphatic rings. The molecular weight excluding hydrogens is 354 g/mol. The van der Waals surface area contributed by atoms with E-state index in [4.69, 9.17) is 0 Å². The fraction of sp³-hybridized carbons (Fsp3) is 0.381. The van der Waals surface area contributed by atoms with Gasteiger partial charge in [-0.15, -0.1) is 0 Å². The van der Waals surface area contributed by atoms with Crippen molar-refractivity contribution < 1.29 is 9.90 Å². The van der Waals surface area contributed by atoms with Crippen LogP contribution in [0.3, 0.4) is 0 Å². The highest BCUT2D eigenvalue weighted by Gasteiger charge is 2.27. The zero-order chi connectivity index (χ0) is 19.7. The Hall–Kier alpha value is -2.93. The van der Waals surface area contributed by atoms with Crippen molar-refractivity contribution in [1.29, 1.82) is 0 Å². The average Bonchev–Trinajstić information content (AvgIpc) is 3.30. The first-order valence-electron chi connectivity index (χ1n) is 9.69. The van der Waals surface area contributed by atoms with Crippen LogP contribution in [0.4, 0.5) is 0 Å². The number of benzene rings is 1. The fourth-order valence-electron chi connectivity index (χ4n) is 3.64. The highest BCUT2D eigenvalue weighted by Crippen LogP contribution is 2.24. The maximum atomic E-state index is 13.0. The Balaban J connectivity index is 1.52. The van der Waals surface area contributed by atoms with Gasteiger partial charge in [-0.1, -0.05) is 37.3 Å². The molecule has 2 aromatic heterocycles. The topological polar surface area (TPSA) is 76.2 Å². The largest absolute Gasteiger partial charge is 0.382 e. The second-order valence-electron chi connectivity index (χ2n) is 7.21. The molecule has 146 valence electrons. The summed E-state index contributed by atoms with van der Waals surface area (Å²) in [6.45, 7) is 6.46. The molecule has 0 fully saturated rings. The Morgan fingerprint density at radius 1 is 1.21 bits per heavy atom. The van der Waals surface area contributed by atoms with Gasteiger partial charge in [-0.05, 0) is 25.0 Å². The van der Waals surface area contributed by atoms with Crippen LogP contribution in [-0.2, 0) is 19.6 Å². The molecule has 7 nitrogen and oxygen atoms in total. The number of hydrogen-bond donors (Lipinski definition) is 1. The summed E-state index contributed by atoms with van der Waals surface area (Å²) in [5.74, 6) is -0.00235. The Kier molecular flexibility index (Phi) is 5.00. The quantitative estimate of drug-likeness (QED) is 0.739. The summed E-state index contributed by atoms with van der Waals surface area (Å²) < 4.78 is 3.73. The molecular formula is C21H25N5O2. The molecule has 0 radical (unpaired) electrons. The summed E-state index contributed by atoms with van der Waals surface area (Å²) in [4.78, 5) is 14.8. The van der Waals surface area contributed by atoms with Gasteiger partial charge in [0.25, 0.3) is 5.91 Å². The molecule has 4 rings (SSSR count). The number of fused-ring (bicyclic) bond motifs is 1. The van der Waals surface area contributed by atoms with E-state index in [1.165, 1.54) is 0 Å². The second-order valence-corrected chi connectivity index (χ2v) is 7.21. The molecule has 3 heterocycles. The van der Waals surface area contributed by atoms with Crippen LogP contribution in [0, 0.1) is 6.92 Å². The minimum Gasteiger partial charge on any atom is -0.382 e. The average molecular weight is 379 g/mol. The van der Waals surface area contributed by atoms with E-state index in [2.05, 4.69) is 17.1 Å². The molecule has 0 saturated heterocycles. The lowest BCUT2D eigenvalue weighted by Crippen LogP contribution is -2.38. The van der Waals surface area contributed by atoms with E-state index in [-0.39, 0.29) is 5.91 Å². The summed E-state index contributed by atoms with van der Waals surface area (Å²) in [7, 11) is 0. The summed E-state index contributed by atoms with van der Waals surface area (Å²) in [5.41, 5.74) is 3.78. The number of aromatic nitrogens is 4. The lowest BCUT2D eigenvalue weighted by molar-refractivity contribution is 0.0705. The van der Waals surface area contributed by atoms with Crippen molar-refractivity contribution >= 4 is 5.91 Å². The van der Waals surface area contributed by atoms with Crippen LogP contribution in [0.2, 0.25) is 0 Å². The van der Waals surface area contributed by atoms with Gasteiger partial charge in [-0.2, -0.15) is 10.2 Å². The van der Waals surface area contributed by atoms with E-state index in [1.807, 2.05) is 63.8 Å². The monoisotopic (exact) mass is 379 g/mol. The van der Waals surface area contributed by atoms with E-state index in [1.54, 1.807) is 0 Å². The highest BCUT2D eigenvalue weighted by molar-refractivity contribution is 5.95. The number of nitrogens with zero attached hydrogens (tertiary/aromatic N) is 5. The van der Waals surface area contributed by atoms with Crippen LogP contribution in [0.5, 0.6) is 0 Å². The molecule has 0 aliphatic carbocycles. The first kappa shape index (κ1) is 18.4. The Morgan fingerprint density at radius 3 is 2.75 bits per heavy atom. The predicted octanol–water partition coefficient (Wildman–Crippen LogP) is 2.54. The van der Waals surface area contributed by atoms with Gasteiger partial charge >= 0.3 is 0 Å². The van der Waals surface area contributed by atoms with E-state index in [0.717, 1.165) is 29.9 Å². The molecule has 1 aromatic carbocycles. The molecule has 0 bridgehead atoms. The molecule has 0 saturated carbocycles. The number of aryl methyl sites for hydroxylation is 2. The maximum Gasteiger partial charge on any atom is 0.257 e. The van der Waals surface area contributed by atoms with Gasteiger partial charge in [-0.25, -0.2) is 0 Å². The standard InChI is InChI=1S/C21H25N5O2/c1-3-9-25-14-18(15(2)22-25)21(28)24-10-11-26-17(13-24)12-19(23-26)20(27)16-7-5-4-6-8-16/h4-8,12,14,20,27H,3,9-11,13H2,1-2H3. The van der Waals surface area contributed by atoms with Crippen LogP contribution in [-0.4, -0.2) is 42.0 Å². The van der Waals surface area contributed by atoms with Crippen LogP contribution in [0.25, 0.3) is 0 Å². The number of carbonyl (C=O) groups excluding carboxylic acids is 1. The Labute approximate surface area is 164 Å². The summed E-state index contributed by atoms with van der Waals surface area (Å²) in [5, 5.41) is 19.6. The summed E-state index contributed by atoms with van der Waals surface area (Å²) in [6.07, 6.45) is 2.06. The Morgan fingerprint density at radius 2 is 2.00 bits per heavy atom. The van der Waals surface area contributed by atoms with Crippen LogP contribution >= 0.6 is 0 Å². The van der Waals surface area contributed by atoms with Gasteiger partial charge in [0, 0.05) is 19.3 Å². The SMILES string of the molecule is CCCn1cc(C(=O)N2CCn3nc(C(O)c4ccccc4)cc3C2)c(C)n1. The summed E-state index contributed by atoms with van der Waals surface area (Å²) >= 11 is 0. The van der Waals surface area contributed by atoms with E-state index in [0.29, 0.717) is 30.9 Å². The van der Waals surface area contributed by atoms with Gasteiger partial charge in [-0.3, -0.25) is 14.2 Å². The van der Waals surface area contributed by atoms with Crippen molar-refractivity contribution in [3.8, 4) is 0 Å². The maximum absolute atomic E-state index is 13.0. The molecule has 1 aliphatic heterocycles. The van der Waals surface area contributed by atoms with Gasteiger partial charge in [0.15, 0.2) is 0 Å². The van der Waals surface area contributed by atoms with Crippen LogP contribution in [0.1, 0.15) is 52.5 Å². The zero-order valence-electron chi connectivity index (χ0n) is 16.2. The third-order valence-electron chi connectivity index (χ3n) is 5.13. The molecule has 3 aromatic rings. The number of amides is 1. The van der Waals surface area contributed by atoms with Crippen LogP contribution in [0.15, 0.2) is 42.6 Å². The zero-order valence-corrected chi connectivity index (χ0v) is 16.2. The van der Waals surface area contributed by atoms with Crippen LogP contribution < -0.4 is 0 Å². The molecule has 1 atom stereocenters. The summed E-state index contributed by atoms with van der Waals surface area (Å²) in [6, 6.07) is 11.4. The van der Waals surface area contributed by atoms with E-state index < -0.39 is 6.10 Å². The molecule has 1 N–H and O–H groups in total. The third kappa shape index (κ3) is 3.45. The smallest absolute Gasteiger partial charge is 0.257 e. The van der Waals surface area contributed by atoms with Gasteiger partial charge in [0.1, 0.15) is 6.10 Å². The lowest BCUT2D eigenvalue weighted by atomic mass is 10.1. The van der Waals surface area contributed by atoms with Crippen molar-refractivity contribution in [2.75, 3.05) is 6.54 Å². The van der Waals surface area contributed by atoms with Crippen molar-refractivity contribution in [2.45, 2.75) is 46.0 Å². The number of aliphatic hydroxyl groups excluding tert-OH is 1. The number of aliphatic hydroxyl groups is 1. The fourth-order valence-corrected chi connectivity index (χ4v) is 3.64. The minimum absolute atomic E-state index is 0.00235. The van der Waals surface area contributed by atoms with Gasteiger partial charge in [0.2, 0.25) is 0 Å². The van der Waals surface area contributed by atoms with Gasteiger partial charge < -0.3 is 10.0 Å². The third-order valence-corrected chi connectivity index (χ3v) is 5.13. The van der Waals surface area contributed by atoms with Crippen molar-refractivity contribution in [1.82, 2.24) is 24.5 Å². The molecule has 1 amide bonds. The molecule has 28 heavy (non-hydrogen) atoms. The first-order chi connectivity index (χ1) is 13.6. The first-order valence-corrected chi connectivity index (χ1v) is 9.69. The van der Waals surface area contributed by atoms with E-state index >= 15 is 0 Å². The van der Waals surface area contributed by atoms with Crippen molar-refractivity contribution in [2.24, 2.45) is 0 Å². The second kappa shape index (κ2) is 7.59. The minimum atomic E-state index is -0.766.